The fourth-order valence-corrected chi connectivity index (χ4v) is 8.20. The van der Waals surface area contributed by atoms with Crippen molar-refractivity contribution in [2.75, 3.05) is 6.61 Å². The number of nitrogens with one attached hydrogen (secondary N) is 2. The van der Waals surface area contributed by atoms with E-state index in [9.17, 15) is 14.9 Å². The van der Waals surface area contributed by atoms with E-state index in [0.29, 0.717) is 38.4 Å². The third-order valence-electron chi connectivity index (χ3n) is 10.7. The minimum atomic E-state index is -0.727. The van der Waals surface area contributed by atoms with Gasteiger partial charge in [-0.3, -0.25) is 10.1 Å². The van der Waals surface area contributed by atoms with Gasteiger partial charge in [-0.2, -0.15) is 0 Å². The van der Waals surface area contributed by atoms with Crippen LogP contribution >= 0.6 is 0 Å². The zero-order valence-corrected chi connectivity index (χ0v) is 32.1. The van der Waals surface area contributed by atoms with Gasteiger partial charge in [-0.05, 0) is 65.1 Å². The molecule has 3 aliphatic heterocycles. The van der Waals surface area contributed by atoms with Crippen molar-refractivity contribution in [1.82, 2.24) is 24.5 Å². The molecule has 0 saturated carbocycles. The number of pyridine rings is 1. The summed E-state index contributed by atoms with van der Waals surface area (Å²) in [5, 5.41) is 15.0. The summed E-state index contributed by atoms with van der Waals surface area (Å²) in [6, 6.07) is 44.9. The number of carbonyl (C=O) groups excluding carboxylic acids is 1. The first kappa shape index (κ1) is 35.6. The number of H-pyrrole nitrogens is 2. The summed E-state index contributed by atoms with van der Waals surface area (Å²) in [5.41, 5.74) is 9.72. The number of ether oxygens (including phenoxy) is 1. The van der Waals surface area contributed by atoms with Gasteiger partial charge in [0.1, 0.15) is 5.69 Å². The number of aromatic nitrogens is 5. The van der Waals surface area contributed by atoms with Crippen LogP contribution in [-0.2, 0) is 4.74 Å². The summed E-state index contributed by atoms with van der Waals surface area (Å²) in [6.45, 7) is 4.01. The molecule has 10 rings (SSSR count). The van der Waals surface area contributed by atoms with E-state index in [4.69, 9.17) is 14.7 Å². The Bertz CT molecular complexity index is 3230. The molecule has 0 amide bonds. The number of fused-ring (bicyclic) bond motifs is 10. The molecule has 7 aromatic rings. The number of hydrogen-bond acceptors (Lipinski definition) is 6. The third kappa shape index (κ3) is 6.00. The number of para-hydroxylation sites is 1. The zero-order chi connectivity index (χ0) is 40.2. The Hall–Kier alpha value is -7.85. The fraction of sp³-hybridized carbons (Fsp3) is 0.0816. The standard InChI is InChI=1S/C49H36N6O4/c1-29(2)28-59-49(56)54-40-21-13-12-20-33(40)44-39-27-25-37(52-39)42(31-16-8-4-9-17-31)35-23-22-34(50-35)41(30-14-6-3-7-15-30)36-24-26-38(51-36)43(32-18-10-5-11-19-32)45-48(55(57)58)47(54)46(44)53-45/h3-27,29,51-52H,28H2,1-2H3. The van der Waals surface area contributed by atoms with Crippen molar-refractivity contribution in [1.29, 1.82) is 0 Å². The highest BCUT2D eigenvalue weighted by atomic mass is 16.6. The van der Waals surface area contributed by atoms with Crippen molar-refractivity contribution < 1.29 is 14.5 Å². The lowest BCUT2D eigenvalue weighted by Crippen LogP contribution is -2.20. The van der Waals surface area contributed by atoms with Crippen LogP contribution in [0, 0.1) is 16.0 Å². The highest BCUT2D eigenvalue weighted by Gasteiger charge is 2.36. The van der Waals surface area contributed by atoms with E-state index in [1.54, 1.807) is 6.07 Å². The molecule has 59 heavy (non-hydrogen) atoms. The molecular weight excluding hydrogens is 737 g/mol. The molecule has 0 atom stereocenters. The number of carbonyl (C=O) groups is 1. The summed E-state index contributed by atoms with van der Waals surface area (Å²) in [5.74, 6) is 0.0319. The van der Waals surface area contributed by atoms with Gasteiger partial charge in [0.15, 0.2) is 11.2 Å². The van der Waals surface area contributed by atoms with E-state index in [1.165, 1.54) is 4.57 Å². The lowest BCUT2D eigenvalue weighted by Gasteiger charge is -2.17. The predicted molar refractivity (Wildman–Crippen MR) is 235 cm³/mol. The second-order valence-electron chi connectivity index (χ2n) is 15.0. The van der Waals surface area contributed by atoms with Gasteiger partial charge in [0.05, 0.1) is 28.4 Å². The van der Waals surface area contributed by atoms with Crippen LogP contribution < -0.4 is 0 Å². The molecule has 3 aromatic heterocycles. The van der Waals surface area contributed by atoms with Crippen molar-refractivity contribution in [2.24, 2.45) is 5.92 Å². The number of nitro groups is 1. The maximum Gasteiger partial charge on any atom is 0.419 e. The molecule has 286 valence electrons. The largest absolute Gasteiger partial charge is 0.449 e. The van der Waals surface area contributed by atoms with Crippen LogP contribution in [-0.4, -0.2) is 42.1 Å². The van der Waals surface area contributed by atoms with Crippen molar-refractivity contribution in [3.63, 3.8) is 0 Å². The first-order valence-corrected chi connectivity index (χ1v) is 19.5. The summed E-state index contributed by atoms with van der Waals surface area (Å²) < 4.78 is 7.18. The molecule has 10 nitrogen and oxygen atoms in total. The number of nitrogens with zero attached hydrogens (tertiary/aromatic N) is 4. The van der Waals surface area contributed by atoms with E-state index in [2.05, 4.69) is 22.1 Å². The van der Waals surface area contributed by atoms with Crippen LogP contribution in [0.1, 0.15) is 25.2 Å². The van der Waals surface area contributed by atoms with Crippen LogP contribution in [0.25, 0.3) is 101 Å². The Kier molecular flexibility index (Phi) is 8.60. The highest BCUT2D eigenvalue weighted by molar-refractivity contribution is 6.18. The fourth-order valence-electron chi connectivity index (χ4n) is 8.20. The van der Waals surface area contributed by atoms with E-state index >= 15 is 0 Å². The molecular formula is C49H36N6O4. The lowest BCUT2D eigenvalue weighted by molar-refractivity contribution is -0.382. The smallest absolute Gasteiger partial charge is 0.419 e. The average molecular weight is 773 g/mol. The van der Waals surface area contributed by atoms with Crippen LogP contribution in [0.4, 0.5) is 10.5 Å². The quantitative estimate of drug-likeness (QED) is 0.128. The molecule has 0 fully saturated rings. The molecule has 4 aromatic carbocycles. The average Bonchev–Trinajstić information content (AvgIpc) is 4.09. The van der Waals surface area contributed by atoms with Crippen molar-refractivity contribution in [3.8, 4) is 44.8 Å². The van der Waals surface area contributed by atoms with Crippen molar-refractivity contribution in [2.45, 2.75) is 13.8 Å². The molecule has 10 heteroatoms. The van der Waals surface area contributed by atoms with Gasteiger partial charge in [-0.15, -0.1) is 0 Å². The van der Waals surface area contributed by atoms with Gasteiger partial charge in [-0.1, -0.05) is 123 Å². The van der Waals surface area contributed by atoms with Gasteiger partial charge in [0.2, 0.25) is 0 Å². The molecule has 0 spiro atoms. The summed E-state index contributed by atoms with van der Waals surface area (Å²) in [7, 11) is 0. The Balaban J connectivity index is 1.49. The second kappa shape index (κ2) is 14.3. The molecule has 8 bridgehead atoms. The van der Waals surface area contributed by atoms with Gasteiger partial charge in [-0.25, -0.2) is 19.3 Å². The Labute approximate surface area is 337 Å². The van der Waals surface area contributed by atoms with Gasteiger partial charge in [0, 0.05) is 49.5 Å². The molecule has 0 radical (unpaired) electrons. The van der Waals surface area contributed by atoms with Crippen LogP contribution in [0.2, 0.25) is 0 Å². The van der Waals surface area contributed by atoms with E-state index in [0.717, 1.165) is 44.7 Å². The normalized spacial score (nSPS) is 11.9. The highest BCUT2D eigenvalue weighted by Crippen LogP contribution is 2.47. The van der Waals surface area contributed by atoms with E-state index in [1.807, 2.05) is 147 Å². The number of hydrogen-bond donors (Lipinski definition) is 2. The molecule has 6 heterocycles. The monoisotopic (exact) mass is 772 g/mol. The zero-order valence-electron chi connectivity index (χ0n) is 32.1. The molecule has 2 N–H and O–H groups in total. The minimum Gasteiger partial charge on any atom is -0.449 e. The molecule has 3 aliphatic rings. The SMILES string of the molecule is CC(C)COC(=O)n1c2c([N+](=O)[O-])c3nc-2c(c2ccc([nH]2)c(-c2ccccc2)c2nc(c(-c4ccccc4)c4ccc([nH]4)c3-c3ccccc3)C=C2)c2ccccc21. The lowest BCUT2D eigenvalue weighted by atomic mass is 10.0. The van der Waals surface area contributed by atoms with Gasteiger partial charge >= 0.3 is 11.8 Å². The number of aromatic amines is 2. The number of benzene rings is 4. The Morgan fingerprint density at radius 3 is 1.71 bits per heavy atom. The minimum absolute atomic E-state index is 0.0319. The maximum absolute atomic E-state index is 14.3. The number of rotatable bonds is 6. The van der Waals surface area contributed by atoms with Crippen molar-refractivity contribution in [3.05, 3.63) is 161 Å². The predicted octanol–water partition coefficient (Wildman–Crippen LogP) is 12.4. The van der Waals surface area contributed by atoms with Crippen LogP contribution in [0.5, 0.6) is 0 Å². The summed E-state index contributed by atoms with van der Waals surface area (Å²) >= 11 is 0. The van der Waals surface area contributed by atoms with Crippen molar-refractivity contribution >= 4 is 67.8 Å². The molecule has 0 unspecified atom stereocenters. The second-order valence-corrected chi connectivity index (χ2v) is 15.0. The Morgan fingerprint density at radius 2 is 1.15 bits per heavy atom. The molecule has 0 saturated heterocycles. The molecule has 0 aliphatic carbocycles. The maximum atomic E-state index is 14.3. The van der Waals surface area contributed by atoms with Gasteiger partial charge in [0.25, 0.3) is 0 Å². The third-order valence-corrected chi connectivity index (χ3v) is 10.7. The summed E-state index contributed by atoms with van der Waals surface area (Å²) in [4.78, 5) is 45.5. The van der Waals surface area contributed by atoms with Crippen LogP contribution in [0.3, 0.4) is 0 Å². The van der Waals surface area contributed by atoms with E-state index in [-0.39, 0.29) is 35.1 Å². The summed E-state index contributed by atoms with van der Waals surface area (Å²) in [6.07, 6.45) is 3.35. The first-order chi connectivity index (χ1) is 28.9. The van der Waals surface area contributed by atoms with Crippen LogP contribution in [0.15, 0.2) is 140 Å². The van der Waals surface area contributed by atoms with Gasteiger partial charge < -0.3 is 14.7 Å². The first-order valence-electron chi connectivity index (χ1n) is 19.5. The topological polar surface area (TPSA) is 132 Å². The van der Waals surface area contributed by atoms with E-state index < -0.39 is 11.0 Å². The Morgan fingerprint density at radius 1 is 0.661 bits per heavy atom.